The lowest BCUT2D eigenvalue weighted by Crippen LogP contribution is -2.33. The number of ether oxygens (including phenoxy) is 2. The van der Waals surface area contributed by atoms with Gasteiger partial charge >= 0.3 is 0 Å². The predicted molar refractivity (Wildman–Crippen MR) is 100 cm³/mol. The zero-order valence-electron chi connectivity index (χ0n) is 15.6. The molecule has 0 spiro atoms. The Hall–Kier alpha value is -1.79. The van der Waals surface area contributed by atoms with Crippen LogP contribution in [-0.4, -0.2) is 48.3 Å². The van der Waals surface area contributed by atoms with Gasteiger partial charge in [0.05, 0.1) is 31.3 Å². The predicted octanol–water partition coefficient (Wildman–Crippen LogP) is 2.95. The molecule has 25 heavy (non-hydrogen) atoms. The summed E-state index contributed by atoms with van der Waals surface area (Å²) in [5, 5.41) is 0. The molecule has 0 bridgehead atoms. The molecule has 1 aliphatic heterocycles. The van der Waals surface area contributed by atoms with E-state index in [2.05, 4.69) is 16.4 Å². The topological polar surface area (TPSA) is 65.5 Å². The number of methoxy groups -OCH3 is 2. The Morgan fingerprint density at radius 3 is 2.40 bits per heavy atom. The molecule has 1 saturated heterocycles. The first kappa shape index (κ1) is 18.0. The first-order valence-electron chi connectivity index (χ1n) is 9.28. The van der Waals surface area contributed by atoms with Gasteiger partial charge in [-0.25, -0.2) is 4.98 Å². The van der Waals surface area contributed by atoms with Crippen LogP contribution in [0.4, 0.5) is 0 Å². The molecule has 2 N–H and O–H groups in total. The van der Waals surface area contributed by atoms with E-state index in [4.69, 9.17) is 20.2 Å². The molecule has 1 fully saturated rings. The van der Waals surface area contributed by atoms with E-state index < -0.39 is 0 Å². The highest BCUT2D eigenvalue weighted by atomic mass is 16.5. The highest BCUT2D eigenvalue weighted by molar-refractivity contribution is 5.80. The van der Waals surface area contributed by atoms with Crippen LogP contribution in [0.1, 0.15) is 44.5 Å². The fraction of sp³-hybridized carbons (Fsp3) is 0.632. The van der Waals surface area contributed by atoms with Crippen molar-refractivity contribution in [1.29, 1.82) is 0 Å². The third-order valence-corrected chi connectivity index (χ3v) is 5.14. The average Bonchev–Trinajstić information content (AvgIpc) is 3.02. The van der Waals surface area contributed by atoms with Crippen molar-refractivity contribution in [2.45, 2.75) is 45.2 Å². The van der Waals surface area contributed by atoms with Crippen molar-refractivity contribution in [1.82, 2.24) is 14.5 Å². The molecule has 1 unspecified atom stereocenters. The maximum Gasteiger partial charge on any atom is 0.163 e. The maximum absolute atomic E-state index is 6.35. The van der Waals surface area contributed by atoms with Gasteiger partial charge in [-0.05, 0) is 32.4 Å². The van der Waals surface area contributed by atoms with Crippen molar-refractivity contribution in [2.24, 2.45) is 5.73 Å². The summed E-state index contributed by atoms with van der Waals surface area (Å²) < 4.78 is 13.2. The van der Waals surface area contributed by atoms with Crippen LogP contribution < -0.4 is 15.2 Å². The molecule has 1 atom stereocenters. The van der Waals surface area contributed by atoms with Gasteiger partial charge in [-0.3, -0.25) is 0 Å². The van der Waals surface area contributed by atoms with Gasteiger partial charge in [0.1, 0.15) is 5.82 Å². The minimum Gasteiger partial charge on any atom is -0.493 e. The second-order valence-corrected chi connectivity index (χ2v) is 6.73. The van der Waals surface area contributed by atoms with Crippen LogP contribution in [0.25, 0.3) is 11.0 Å². The third-order valence-electron chi connectivity index (χ3n) is 5.14. The van der Waals surface area contributed by atoms with Crippen LogP contribution in [0.3, 0.4) is 0 Å². The van der Waals surface area contributed by atoms with Crippen molar-refractivity contribution >= 4 is 11.0 Å². The lowest BCUT2D eigenvalue weighted by Gasteiger charge is -2.27. The molecule has 1 aromatic carbocycles. The SMILES string of the molecule is CCC(N)c1nc2cc(OC)c(OC)cc2n1CCN1CCCCC1. The zero-order chi connectivity index (χ0) is 17.8. The number of imidazole rings is 1. The molecule has 1 aliphatic rings. The number of fused-ring (bicyclic) bond motifs is 1. The minimum atomic E-state index is -0.0641. The van der Waals surface area contributed by atoms with Crippen LogP contribution in [0.2, 0.25) is 0 Å². The third kappa shape index (κ3) is 3.75. The molecule has 0 saturated carbocycles. The van der Waals surface area contributed by atoms with Crippen molar-refractivity contribution in [3.8, 4) is 11.5 Å². The molecular weight excluding hydrogens is 316 g/mol. The summed E-state index contributed by atoms with van der Waals surface area (Å²) in [5.41, 5.74) is 8.33. The summed E-state index contributed by atoms with van der Waals surface area (Å²) in [7, 11) is 3.31. The maximum atomic E-state index is 6.35. The van der Waals surface area contributed by atoms with Crippen molar-refractivity contribution in [2.75, 3.05) is 33.9 Å². The highest BCUT2D eigenvalue weighted by Crippen LogP contribution is 2.33. The van der Waals surface area contributed by atoms with E-state index in [1.54, 1.807) is 14.2 Å². The Morgan fingerprint density at radius 1 is 1.08 bits per heavy atom. The first-order chi connectivity index (χ1) is 12.2. The quantitative estimate of drug-likeness (QED) is 0.835. The fourth-order valence-electron chi connectivity index (χ4n) is 3.60. The average molecular weight is 346 g/mol. The molecule has 1 aromatic heterocycles. The standard InChI is InChI=1S/C19H30N4O2/c1-4-14(20)19-21-15-12-17(24-2)18(25-3)13-16(15)23(19)11-10-22-8-6-5-7-9-22/h12-14H,4-11,20H2,1-3H3. The largest absolute Gasteiger partial charge is 0.493 e. The molecular formula is C19H30N4O2. The molecule has 0 radical (unpaired) electrons. The Balaban J connectivity index is 1.96. The Labute approximate surface area is 149 Å². The van der Waals surface area contributed by atoms with Gasteiger partial charge in [0.25, 0.3) is 0 Å². The van der Waals surface area contributed by atoms with Crippen LogP contribution in [-0.2, 0) is 6.54 Å². The zero-order valence-corrected chi connectivity index (χ0v) is 15.6. The second kappa shape index (κ2) is 8.06. The number of hydrogen-bond acceptors (Lipinski definition) is 5. The van der Waals surface area contributed by atoms with E-state index in [0.717, 1.165) is 42.1 Å². The number of piperidine rings is 1. The Kier molecular flexibility index (Phi) is 5.81. The summed E-state index contributed by atoms with van der Waals surface area (Å²) in [5.74, 6) is 2.38. The van der Waals surface area contributed by atoms with E-state index in [1.807, 2.05) is 12.1 Å². The van der Waals surface area contributed by atoms with Gasteiger partial charge in [-0.15, -0.1) is 0 Å². The molecule has 0 aliphatic carbocycles. The molecule has 138 valence electrons. The van der Waals surface area contributed by atoms with E-state index in [9.17, 15) is 0 Å². The monoisotopic (exact) mass is 346 g/mol. The fourth-order valence-corrected chi connectivity index (χ4v) is 3.60. The first-order valence-corrected chi connectivity index (χ1v) is 9.28. The van der Waals surface area contributed by atoms with Crippen molar-refractivity contribution in [3.05, 3.63) is 18.0 Å². The van der Waals surface area contributed by atoms with E-state index in [1.165, 1.54) is 32.4 Å². The number of aromatic nitrogens is 2. The summed E-state index contributed by atoms with van der Waals surface area (Å²) in [6, 6.07) is 3.89. The number of nitrogens with two attached hydrogens (primary N) is 1. The van der Waals surface area contributed by atoms with Crippen molar-refractivity contribution in [3.63, 3.8) is 0 Å². The van der Waals surface area contributed by atoms with Gasteiger partial charge in [0.2, 0.25) is 0 Å². The van der Waals surface area contributed by atoms with E-state index in [0.29, 0.717) is 5.75 Å². The van der Waals surface area contributed by atoms with Gasteiger partial charge in [0.15, 0.2) is 11.5 Å². The summed E-state index contributed by atoms with van der Waals surface area (Å²) in [4.78, 5) is 7.35. The Morgan fingerprint density at radius 2 is 1.76 bits per heavy atom. The second-order valence-electron chi connectivity index (χ2n) is 6.73. The minimum absolute atomic E-state index is 0.0641. The lowest BCUT2D eigenvalue weighted by atomic mass is 10.1. The molecule has 2 heterocycles. The van der Waals surface area contributed by atoms with Gasteiger partial charge in [-0.1, -0.05) is 13.3 Å². The van der Waals surface area contributed by atoms with Gasteiger partial charge in [0, 0.05) is 25.2 Å². The molecule has 6 heteroatoms. The van der Waals surface area contributed by atoms with Gasteiger partial charge in [-0.2, -0.15) is 0 Å². The normalized spacial score (nSPS) is 17.0. The van der Waals surface area contributed by atoms with Crippen LogP contribution >= 0.6 is 0 Å². The van der Waals surface area contributed by atoms with Crippen LogP contribution in [0.5, 0.6) is 11.5 Å². The molecule has 6 nitrogen and oxygen atoms in total. The lowest BCUT2D eigenvalue weighted by molar-refractivity contribution is 0.220. The summed E-state index contributed by atoms with van der Waals surface area (Å²) in [6.45, 7) is 6.41. The number of likely N-dealkylation sites (tertiary alicyclic amines) is 1. The molecule has 2 aromatic rings. The highest BCUT2D eigenvalue weighted by Gasteiger charge is 2.19. The summed E-state index contributed by atoms with van der Waals surface area (Å²) in [6.07, 6.45) is 4.82. The van der Waals surface area contributed by atoms with Crippen LogP contribution in [0, 0.1) is 0 Å². The number of rotatable bonds is 7. The molecule has 3 rings (SSSR count). The summed E-state index contributed by atoms with van der Waals surface area (Å²) >= 11 is 0. The Bertz CT molecular complexity index is 707. The van der Waals surface area contributed by atoms with Gasteiger partial charge < -0.3 is 24.7 Å². The number of nitrogens with zero attached hydrogens (tertiary/aromatic N) is 3. The van der Waals surface area contributed by atoms with Crippen molar-refractivity contribution < 1.29 is 9.47 Å². The number of benzene rings is 1. The molecule has 0 amide bonds. The smallest absolute Gasteiger partial charge is 0.163 e. The van der Waals surface area contributed by atoms with E-state index in [-0.39, 0.29) is 6.04 Å². The van der Waals surface area contributed by atoms with Crippen LogP contribution in [0.15, 0.2) is 12.1 Å². The van der Waals surface area contributed by atoms with E-state index >= 15 is 0 Å². The number of hydrogen-bond donors (Lipinski definition) is 1.